The minimum absolute atomic E-state index is 0.00595. The van der Waals surface area contributed by atoms with Gasteiger partial charge in [0.25, 0.3) is 6.71 Å². The van der Waals surface area contributed by atoms with Crippen molar-refractivity contribution in [1.82, 2.24) is 0 Å². The van der Waals surface area contributed by atoms with Crippen LogP contribution in [0.1, 0.15) is 155 Å². The molecule has 384 valence electrons. The molecule has 0 radical (unpaired) electrons. The second kappa shape index (κ2) is 17.1. The lowest BCUT2D eigenvalue weighted by Gasteiger charge is -2.48. The minimum Gasteiger partial charge on any atom is -0.311 e. The van der Waals surface area contributed by atoms with E-state index in [0.29, 0.717) is 0 Å². The van der Waals surface area contributed by atoms with Crippen molar-refractivity contribution in [3.8, 4) is 11.1 Å². The third kappa shape index (κ3) is 7.98. The summed E-state index contributed by atoms with van der Waals surface area (Å²) in [5.74, 6) is 0. The molecule has 8 aromatic carbocycles. The molecule has 0 saturated carbocycles. The molecule has 2 heterocycles. The fourth-order valence-corrected chi connectivity index (χ4v) is 14.2. The molecular formula is C72H78BN3. The molecule has 0 fully saturated rings. The molecule has 0 unspecified atom stereocenters. The molecule has 0 N–H and O–H groups in total. The number of fused-ring (bicyclic) bond motifs is 6. The molecule has 0 spiro atoms. The zero-order valence-corrected chi connectivity index (χ0v) is 48.1. The minimum atomic E-state index is -0.0669. The van der Waals surface area contributed by atoms with Crippen LogP contribution in [0.4, 0.5) is 51.2 Å². The molecule has 4 aliphatic rings. The van der Waals surface area contributed by atoms with Gasteiger partial charge in [0.05, 0.1) is 11.4 Å². The van der Waals surface area contributed by atoms with E-state index in [0.717, 1.165) is 36.3 Å². The summed E-state index contributed by atoms with van der Waals surface area (Å²) in [5, 5.41) is 0. The first-order valence-electron chi connectivity index (χ1n) is 28.2. The lowest BCUT2D eigenvalue weighted by atomic mass is 9.33. The van der Waals surface area contributed by atoms with Crippen LogP contribution in [-0.2, 0) is 32.5 Å². The molecule has 0 aromatic heterocycles. The summed E-state index contributed by atoms with van der Waals surface area (Å²) >= 11 is 0. The van der Waals surface area contributed by atoms with Crippen molar-refractivity contribution in [2.24, 2.45) is 0 Å². The van der Waals surface area contributed by atoms with E-state index in [1.165, 1.54) is 101 Å². The van der Waals surface area contributed by atoms with Crippen LogP contribution in [0.5, 0.6) is 0 Å². The zero-order valence-electron chi connectivity index (χ0n) is 48.1. The maximum absolute atomic E-state index is 2.72. The summed E-state index contributed by atoms with van der Waals surface area (Å²) in [7, 11) is 0. The summed E-state index contributed by atoms with van der Waals surface area (Å²) in [5.41, 5.74) is 27.2. The first-order valence-corrected chi connectivity index (χ1v) is 28.2. The average molecular weight is 996 g/mol. The van der Waals surface area contributed by atoms with Crippen LogP contribution in [0.25, 0.3) is 11.1 Å². The molecule has 3 nitrogen and oxygen atoms in total. The number of anilines is 9. The topological polar surface area (TPSA) is 9.72 Å². The highest BCUT2D eigenvalue weighted by Gasteiger charge is 2.49. The third-order valence-electron chi connectivity index (χ3n) is 18.3. The highest BCUT2D eigenvalue weighted by Crippen LogP contribution is 2.56. The quantitative estimate of drug-likeness (QED) is 0.154. The van der Waals surface area contributed by atoms with Crippen LogP contribution in [0.3, 0.4) is 0 Å². The van der Waals surface area contributed by atoms with Gasteiger partial charge in [0.15, 0.2) is 0 Å². The van der Waals surface area contributed by atoms with E-state index in [1.54, 1.807) is 0 Å². The zero-order chi connectivity index (χ0) is 53.6. The van der Waals surface area contributed by atoms with Gasteiger partial charge in [0.1, 0.15) is 0 Å². The van der Waals surface area contributed by atoms with Crippen molar-refractivity contribution in [3.63, 3.8) is 0 Å². The molecule has 2 aliphatic carbocycles. The lowest BCUT2D eigenvalue weighted by molar-refractivity contribution is 0.332. The highest BCUT2D eigenvalue weighted by molar-refractivity contribution is 7.00. The van der Waals surface area contributed by atoms with Crippen molar-refractivity contribution in [2.75, 3.05) is 14.7 Å². The van der Waals surface area contributed by atoms with Gasteiger partial charge in [-0.15, -0.1) is 0 Å². The summed E-state index contributed by atoms with van der Waals surface area (Å²) < 4.78 is 0. The van der Waals surface area contributed by atoms with E-state index in [1.807, 2.05) is 0 Å². The Morgan fingerprint density at radius 3 is 1.41 bits per heavy atom. The second-order valence-corrected chi connectivity index (χ2v) is 27.7. The van der Waals surface area contributed by atoms with E-state index >= 15 is 0 Å². The number of para-hydroxylation sites is 2. The van der Waals surface area contributed by atoms with Crippen molar-refractivity contribution >= 4 is 74.3 Å². The normalized spacial score (nSPS) is 17.3. The number of hydrogen-bond donors (Lipinski definition) is 0. The van der Waals surface area contributed by atoms with Gasteiger partial charge < -0.3 is 14.7 Å². The molecule has 4 heteroatoms. The van der Waals surface area contributed by atoms with Gasteiger partial charge in [0.2, 0.25) is 0 Å². The molecule has 8 aromatic rings. The monoisotopic (exact) mass is 996 g/mol. The largest absolute Gasteiger partial charge is 0.311 e. The molecule has 0 amide bonds. The molecule has 76 heavy (non-hydrogen) atoms. The van der Waals surface area contributed by atoms with E-state index in [9.17, 15) is 0 Å². The van der Waals surface area contributed by atoms with Crippen LogP contribution in [0.15, 0.2) is 164 Å². The van der Waals surface area contributed by atoms with Gasteiger partial charge in [-0.3, -0.25) is 0 Å². The summed E-state index contributed by atoms with van der Waals surface area (Å²) in [4.78, 5) is 7.89. The number of rotatable bonds is 6. The van der Waals surface area contributed by atoms with Gasteiger partial charge >= 0.3 is 0 Å². The Morgan fingerprint density at radius 2 is 0.855 bits per heavy atom. The molecule has 0 bridgehead atoms. The number of nitrogens with zero attached hydrogens (tertiary/aromatic N) is 3. The highest BCUT2D eigenvalue weighted by atomic mass is 15.2. The van der Waals surface area contributed by atoms with E-state index in [2.05, 4.69) is 282 Å². The van der Waals surface area contributed by atoms with Gasteiger partial charge in [-0.2, -0.15) is 0 Å². The van der Waals surface area contributed by atoms with Crippen LogP contribution >= 0.6 is 0 Å². The summed E-state index contributed by atoms with van der Waals surface area (Å²) in [6, 6.07) is 63.6. The number of benzene rings is 8. The lowest BCUT2D eigenvalue weighted by Crippen LogP contribution is -2.62. The molecule has 0 saturated heterocycles. The first-order chi connectivity index (χ1) is 35.8. The first kappa shape index (κ1) is 50.1. The molecular weight excluding hydrogens is 918 g/mol. The standard InChI is InChI=1S/C72H78BN3/c1-46-37-54-57(72(14,15)45-71(54,12)13)43-62(46)76-61-34-32-49(68(5,6)7)39-58(61)73-59-42-55-56(70(10,11)36-35-69(55,8)9)44-63(59)75(60-33-31-48(67(2,3)4)38-53(60)47-25-19-16-20-26-47)64-40-52(41-65(76)66(64)73)74(50-27-21-17-22-28-50)51-29-23-18-24-30-51/h16-34,37-44H,35-36,45H2,1-15H3. The summed E-state index contributed by atoms with van der Waals surface area (Å²) in [6.07, 6.45) is 3.40. The SMILES string of the molecule is Cc1cc2c(cc1N1c3ccc(C(C)(C)C)cc3B3c4cc5c(cc4N(c4ccc(C(C)(C)C)cc4-c4ccccc4)c4cc(N(c6ccccc6)c6ccccc6)cc1c43)C(C)(C)CCC5(C)C)C(C)(C)CC2(C)C. The Kier molecular flexibility index (Phi) is 11.3. The van der Waals surface area contributed by atoms with E-state index < -0.39 is 0 Å². The van der Waals surface area contributed by atoms with Crippen LogP contribution in [-0.4, -0.2) is 6.71 Å². The Balaban J connectivity index is 1.28. The van der Waals surface area contributed by atoms with Crippen molar-refractivity contribution in [2.45, 2.75) is 156 Å². The maximum Gasteiger partial charge on any atom is 0.252 e. The molecule has 0 atom stereocenters. The molecule has 12 rings (SSSR count). The van der Waals surface area contributed by atoms with Crippen LogP contribution in [0.2, 0.25) is 0 Å². The van der Waals surface area contributed by atoms with Gasteiger partial charge in [-0.25, -0.2) is 0 Å². The second-order valence-electron chi connectivity index (χ2n) is 27.7. The predicted octanol–water partition coefficient (Wildman–Crippen LogP) is 18.1. The number of aryl methyl sites for hydroxylation is 1. The maximum atomic E-state index is 2.72. The third-order valence-corrected chi connectivity index (χ3v) is 18.3. The van der Waals surface area contributed by atoms with Crippen molar-refractivity contribution in [3.05, 3.63) is 203 Å². The average Bonchev–Trinajstić information content (AvgIpc) is 3.57. The Bertz CT molecular complexity index is 3570. The van der Waals surface area contributed by atoms with Crippen molar-refractivity contribution in [1.29, 1.82) is 0 Å². The smallest absolute Gasteiger partial charge is 0.252 e. The van der Waals surface area contributed by atoms with Gasteiger partial charge in [0, 0.05) is 45.4 Å². The van der Waals surface area contributed by atoms with Crippen molar-refractivity contribution < 1.29 is 0 Å². The summed E-state index contributed by atoms with van der Waals surface area (Å²) in [6.45, 7) is 36.2. The van der Waals surface area contributed by atoms with E-state index in [-0.39, 0.29) is 39.2 Å². The van der Waals surface area contributed by atoms with Gasteiger partial charge in [-0.05, 0) is 186 Å². The van der Waals surface area contributed by atoms with Crippen LogP contribution in [0, 0.1) is 6.92 Å². The van der Waals surface area contributed by atoms with Crippen LogP contribution < -0.4 is 31.1 Å². The Labute approximate surface area is 456 Å². The molecule has 2 aliphatic heterocycles. The Hall–Kier alpha value is -6.78. The van der Waals surface area contributed by atoms with E-state index in [4.69, 9.17) is 0 Å². The van der Waals surface area contributed by atoms with Gasteiger partial charge in [-0.1, -0.05) is 194 Å². The number of hydrogen-bond acceptors (Lipinski definition) is 3. The fourth-order valence-electron chi connectivity index (χ4n) is 14.2. The fraction of sp³-hybridized carbons (Fsp3) is 0.333. The Morgan fingerprint density at radius 1 is 0.408 bits per heavy atom. The predicted molar refractivity (Wildman–Crippen MR) is 329 cm³/mol.